The van der Waals surface area contributed by atoms with Crippen LogP contribution in [0.1, 0.15) is 47.3 Å². The maximum Gasteiger partial charge on any atom is 0.254 e. The molecule has 0 atom stereocenters. The van der Waals surface area contributed by atoms with Crippen LogP contribution < -0.4 is 0 Å². The minimum Gasteiger partial charge on any atom is -0.338 e. The maximum absolute atomic E-state index is 13.3. The predicted octanol–water partition coefficient (Wildman–Crippen LogP) is 3.01. The average Bonchev–Trinajstić information content (AvgIpc) is 2.96. The van der Waals surface area contributed by atoms with Crippen LogP contribution in [-0.4, -0.2) is 52.5 Å². The van der Waals surface area contributed by atoms with Crippen molar-refractivity contribution < 1.29 is 14.4 Å². The molecule has 0 radical (unpaired) electrons. The number of hydrogen-bond acceptors (Lipinski definition) is 4. The molecule has 142 valence electrons. The molecule has 2 aliphatic rings. The van der Waals surface area contributed by atoms with Crippen LogP contribution in [0, 0.1) is 13.8 Å². The van der Waals surface area contributed by atoms with Crippen LogP contribution in [0.5, 0.6) is 0 Å². The number of carbonyl (C=O) groups is 2. The number of nitrogens with zero attached hydrogens (tertiary/aromatic N) is 3. The molecule has 2 aliphatic heterocycles. The second-order valence-corrected chi connectivity index (χ2v) is 7.72. The topological polar surface area (TPSA) is 62.7 Å². The number of piperidine rings is 1. The highest BCUT2D eigenvalue weighted by Gasteiger charge is 2.48. The van der Waals surface area contributed by atoms with Gasteiger partial charge in [0.25, 0.3) is 5.91 Å². The van der Waals surface area contributed by atoms with Crippen LogP contribution in [0.4, 0.5) is 0 Å². The second-order valence-electron chi connectivity index (χ2n) is 7.72. The Kier molecular flexibility index (Phi) is 4.38. The first-order valence-electron chi connectivity index (χ1n) is 9.48. The standard InChI is InChI=1S/C21H25N3O3/c1-14-4-5-18-16(12-14)17(13-15(2)22-18)20(26)23-10-8-21(9-11-23)7-6-19(25)24(21)27-3/h4-5,12-13H,6-11H2,1-3H3. The lowest BCUT2D eigenvalue weighted by molar-refractivity contribution is -0.201. The number of pyridine rings is 1. The van der Waals surface area contributed by atoms with E-state index in [9.17, 15) is 9.59 Å². The normalized spacial score (nSPS) is 19.3. The Hall–Kier alpha value is -2.47. The predicted molar refractivity (Wildman–Crippen MR) is 102 cm³/mol. The van der Waals surface area contributed by atoms with Crippen molar-refractivity contribution in [1.29, 1.82) is 0 Å². The fourth-order valence-electron chi connectivity index (χ4n) is 4.50. The van der Waals surface area contributed by atoms with Crippen molar-refractivity contribution >= 4 is 22.7 Å². The highest BCUT2D eigenvalue weighted by atomic mass is 16.7. The Bertz CT molecular complexity index is 916. The lowest BCUT2D eigenvalue weighted by Crippen LogP contribution is -2.53. The van der Waals surface area contributed by atoms with Crippen LogP contribution in [0.3, 0.4) is 0 Å². The van der Waals surface area contributed by atoms with E-state index in [1.807, 2.05) is 43.0 Å². The zero-order chi connectivity index (χ0) is 19.2. The van der Waals surface area contributed by atoms with E-state index in [2.05, 4.69) is 4.98 Å². The summed E-state index contributed by atoms with van der Waals surface area (Å²) in [7, 11) is 1.55. The molecule has 0 saturated carbocycles. The third kappa shape index (κ3) is 2.98. The van der Waals surface area contributed by atoms with E-state index in [0.717, 1.165) is 41.4 Å². The van der Waals surface area contributed by atoms with Crippen LogP contribution in [0.2, 0.25) is 0 Å². The van der Waals surface area contributed by atoms with E-state index < -0.39 is 0 Å². The van der Waals surface area contributed by atoms with Crippen molar-refractivity contribution in [1.82, 2.24) is 14.9 Å². The number of hydroxylamine groups is 2. The first-order valence-corrected chi connectivity index (χ1v) is 9.48. The molecule has 2 aromatic rings. The number of rotatable bonds is 2. The molecule has 0 bridgehead atoms. The van der Waals surface area contributed by atoms with Crippen LogP contribution >= 0.6 is 0 Å². The number of aromatic nitrogens is 1. The number of benzene rings is 1. The number of amides is 2. The molecule has 2 fully saturated rings. The Morgan fingerprint density at radius 3 is 2.59 bits per heavy atom. The monoisotopic (exact) mass is 367 g/mol. The van der Waals surface area contributed by atoms with Crippen molar-refractivity contribution in [2.24, 2.45) is 0 Å². The number of aryl methyl sites for hydroxylation is 2. The quantitative estimate of drug-likeness (QED) is 0.819. The van der Waals surface area contributed by atoms with E-state index in [1.165, 1.54) is 0 Å². The molecule has 0 unspecified atom stereocenters. The lowest BCUT2D eigenvalue weighted by Gasteiger charge is -2.43. The molecule has 4 rings (SSSR count). The summed E-state index contributed by atoms with van der Waals surface area (Å²) in [6.07, 6.45) is 2.83. The van der Waals surface area contributed by atoms with Gasteiger partial charge in [-0.05, 0) is 51.3 Å². The average molecular weight is 367 g/mol. The van der Waals surface area contributed by atoms with Crippen molar-refractivity contribution in [3.63, 3.8) is 0 Å². The first-order chi connectivity index (χ1) is 12.9. The summed E-state index contributed by atoms with van der Waals surface area (Å²) in [4.78, 5) is 37.1. The number of hydrogen-bond donors (Lipinski definition) is 0. The summed E-state index contributed by atoms with van der Waals surface area (Å²) in [5.41, 5.74) is 3.26. The van der Waals surface area contributed by atoms with E-state index in [-0.39, 0.29) is 17.4 Å². The Morgan fingerprint density at radius 2 is 1.89 bits per heavy atom. The molecule has 1 spiro atoms. The summed E-state index contributed by atoms with van der Waals surface area (Å²) >= 11 is 0. The molecule has 3 heterocycles. The van der Waals surface area contributed by atoms with Crippen molar-refractivity contribution in [2.75, 3.05) is 20.2 Å². The van der Waals surface area contributed by atoms with E-state index in [1.54, 1.807) is 12.2 Å². The van der Waals surface area contributed by atoms with Crippen LogP contribution in [-0.2, 0) is 9.63 Å². The molecular weight excluding hydrogens is 342 g/mol. The van der Waals surface area contributed by atoms with E-state index in [0.29, 0.717) is 25.1 Å². The van der Waals surface area contributed by atoms with E-state index >= 15 is 0 Å². The maximum atomic E-state index is 13.3. The second kappa shape index (κ2) is 6.60. The van der Waals surface area contributed by atoms with Gasteiger partial charge in [0.2, 0.25) is 5.91 Å². The summed E-state index contributed by atoms with van der Waals surface area (Å²) in [5.74, 6) is 0.0859. The number of fused-ring (bicyclic) bond motifs is 1. The van der Waals surface area contributed by atoms with Gasteiger partial charge in [-0.1, -0.05) is 11.6 Å². The molecule has 1 aromatic carbocycles. The molecule has 0 aliphatic carbocycles. The zero-order valence-corrected chi connectivity index (χ0v) is 16.1. The van der Waals surface area contributed by atoms with Crippen LogP contribution in [0.15, 0.2) is 24.3 Å². The summed E-state index contributed by atoms with van der Waals surface area (Å²) in [6, 6.07) is 7.90. The smallest absolute Gasteiger partial charge is 0.254 e. The minimum absolute atomic E-state index is 0.0410. The van der Waals surface area contributed by atoms with Crippen molar-refractivity contribution in [3.05, 3.63) is 41.1 Å². The molecule has 0 N–H and O–H groups in total. The molecule has 2 saturated heterocycles. The summed E-state index contributed by atoms with van der Waals surface area (Å²) < 4.78 is 0. The molecular formula is C21H25N3O3. The molecule has 6 nitrogen and oxygen atoms in total. The van der Waals surface area contributed by atoms with Gasteiger partial charge in [0.05, 0.1) is 23.7 Å². The highest BCUT2D eigenvalue weighted by molar-refractivity contribution is 6.06. The van der Waals surface area contributed by atoms with Gasteiger partial charge >= 0.3 is 0 Å². The summed E-state index contributed by atoms with van der Waals surface area (Å²) in [6.45, 7) is 5.19. The SMILES string of the molecule is CON1C(=O)CCC12CCN(C(=O)c1cc(C)nc3ccc(C)cc13)CC2. The van der Waals surface area contributed by atoms with Gasteiger partial charge in [0, 0.05) is 30.6 Å². The fourth-order valence-corrected chi connectivity index (χ4v) is 4.50. The molecule has 6 heteroatoms. The molecule has 27 heavy (non-hydrogen) atoms. The summed E-state index contributed by atoms with van der Waals surface area (Å²) in [5, 5.41) is 2.45. The van der Waals surface area contributed by atoms with Crippen LogP contribution in [0.25, 0.3) is 10.9 Å². The molecule has 1 aromatic heterocycles. The van der Waals surface area contributed by atoms with Gasteiger partial charge in [-0.25, -0.2) is 5.06 Å². The fraction of sp³-hybridized carbons (Fsp3) is 0.476. The van der Waals surface area contributed by atoms with Crippen molar-refractivity contribution in [3.8, 4) is 0 Å². The lowest BCUT2D eigenvalue weighted by atomic mass is 9.85. The van der Waals surface area contributed by atoms with Gasteiger partial charge in [0.1, 0.15) is 0 Å². The third-order valence-corrected chi connectivity index (χ3v) is 5.95. The van der Waals surface area contributed by atoms with E-state index in [4.69, 9.17) is 4.84 Å². The first kappa shape index (κ1) is 17.9. The van der Waals surface area contributed by atoms with Gasteiger partial charge in [0.15, 0.2) is 0 Å². The number of carbonyl (C=O) groups excluding carboxylic acids is 2. The van der Waals surface area contributed by atoms with Gasteiger partial charge in [-0.15, -0.1) is 0 Å². The zero-order valence-electron chi connectivity index (χ0n) is 16.1. The Morgan fingerprint density at radius 1 is 1.15 bits per heavy atom. The van der Waals surface area contributed by atoms with Gasteiger partial charge in [-0.3, -0.25) is 19.4 Å². The Balaban J connectivity index is 1.60. The van der Waals surface area contributed by atoms with Gasteiger partial charge in [-0.2, -0.15) is 0 Å². The third-order valence-electron chi connectivity index (χ3n) is 5.95. The van der Waals surface area contributed by atoms with Crippen molar-refractivity contribution in [2.45, 2.75) is 45.1 Å². The largest absolute Gasteiger partial charge is 0.338 e. The minimum atomic E-state index is -0.255. The Labute approximate surface area is 159 Å². The molecule has 2 amide bonds. The number of likely N-dealkylation sites (tertiary alicyclic amines) is 1. The highest BCUT2D eigenvalue weighted by Crippen LogP contribution is 2.39. The van der Waals surface area contributed by atoms with Gasteiger partial charge < -0.3 is 4.90 Å².